The van der Waals surface area contributed by atoms with Crippen molar-refractivity contribution in [3.05, 3.63) is 34.9 Å². The fourth-order valence-corrected chi connectivity index (χ4v) is 3.95. The first-order chi connectivity index (χ1) is 12.1. The zero-order valence-electron chi connectivity index (χ0n) is 15.2. The van der Waals surface area contributed by atoms with Crippen molar-refractivity contribution >= 4 is 33.4 Å². The molecule has 1 N–H and O–H groups in total. The Morgan fingerprint density at radius 2 is 1.92 bits per heavy atom. The number of sulfonamides is 1. The molecule has 1 aromatic carbocycles. The van der Waals surface area contributed by atoms with Crippen LogP contribution in [0.5, 0.6) is 0 Å². The standard InChI is InChI=1S/C17H24ClN3O4S/c1-4-9-21-15(22)11-20(26(3,24)25)12-17(21,2)16(23)19-10-13-5-7-14(18)8-6-13/h5-8H,4,9-12H2,1-3H3,(H,19,23). The Kier molecular flexibility index (Phi) is 6.31. The number of carbonyl (C=O) groups excluding carboxylic acids is 2. The van der Waals surface area contributed by atoms with Gasteiger partial charge in [0.05, 0.1) is 12.8 Å². The number of benzene rings is 1. The van der Waals surface area contributed by atoms with Gasteiger partial charge in [0.25, 0.3) is 0 Å². The average molecular weight is 402 g/mol. The summed E-state index contributed by atoms with van der Waals surface area (Å²) in [6.07, 6.45) is 1.71. The van der Waals surface area contributed by atoms with Crippen LogP contribution in [-0.2, 0) is 26.2 Å². The number of hydrogen-bond donors (Lipinski definition) is 1. The molecule has 2 rings (SSSR count). The van der Waals surface area contributed by atoms with E-state index in [2.05, 4.69) is 5.32 Å². The molecular weight excluding hydrogens is 378 g/mol. The van der Waals surface area contributed by atoms with Gasteiger partial charge >= 0.3 is 0 Å². The molecule has 9 heteroatoms. The van der Waals surface area contributed by atoms with Crippen LogP contribution in [0, 0.1) is 0 Å². The summed E-state index contributed by atoms with van der Waals surface area (Å²) in [5, 5.41) is 3.41. The second-order valence-corrected chi connectivity index (χ2v) is 9.08. The van der Waals surface area contributed by atoms with E-state index in [9.17, 15) is 18.0 Å². The Labute approximate surface area is 159 Å². The summed E-state index contributed by atoms with van der Waals surface area (Å²) < 4.78 is 24.9. The summed E-state index contributed by atoms with van der Waals surface area (Å²) in [7, 11) is -3.58. The SMILES string of the molecule is CCCN1C(=O)CN(S(C)(=O)=O)CC1(C)C(=O)NCc1ccc(Cl)cc1. The average Bonchev–Trinajstić information content (AvgIpc) is 2.56. The second kappa shape index (κ2) is 7.94. The summed E-state index contributed by atoms with van der Waals surface area (Å²) in [4.78, 5) is 26.9. The summed E-state index contributed by atoms with van der Waals surface area (Å²) in [6.45, 7) is 3.86. The second-order valence-electron chi connectivity index (χ2n) is 6.66. The van der Waals surface area contributed by atoms with E-state index in [0.717, 1.165) is 16.1 Å². The Morgan fingerprint density at radius 3 is 2.46 bits per heavy atom. The van der Waals surface area contributed by atoms with E-state index in [0.29, 0.717) is 18.0 Å². The van der Waals surface area contributed by atoms with Gasteiger partial charge in [0.1, 0.15) is 5.54 Å². The van der Waals surface area contributed by atoms with Crippen LogP contribution in [0.3, 0.4) is 0 Å². The molecule has 1 heterocycles. The number of piperazine rings is 1. The molecule has 1 aromatic rings. The summed E-state index contributed by atoms with van der Waals surface area (Å²) >= 11 is 5.85. The molecule has 0 spiro atoms. The highest BCUT2D eigenvalue weighted by Gasteiger charge is 2.48. The molecule has 1 aliphatic rings. The van der Waals surface area contributed by atoms with E-state index >= 15 is 0 Å². The molecule has 0 aliphatic carbocycles. The minimum absolute atomic E-state index is 0.0655. The van der Waals surface area contributed by atoms with Crippen LogP contribution in [0.2, 0.25) is 5.02 Å². The lowest BCUT2D eigenvalue weighted by Gasteiger charge is -2.46. The lowest BCUT2D eigenvalue weighted by molar-refractivity contribution is -0.152. The third kappa shape index (κ3) is 4.55. The van der Waals surface area contributed by atoms with Crippen molar-refractivity contribution in [3.8, 4) is 0 Å². The molecule has 7 nitrogen and oxygen atoms in total. The van der Waals surface area contributed by atoms with E-state index in [1.165, 1.54) is 4.90 Å². The van der Waals surface area contributed by atoms with E-state index < -0.39 is 15.6 Å². The fraction of sp³-hybridized carbons (Fsp3) is 0.529. The maximum atomic E-state index is 12.9. The topological polar surface area (TPSA) is 86.8 Å². The van der Waals surface area contributed by atoms with Gasteiger partial charge in [-0.1, -0.05) is 30.7 Å². The highest BCUT2D eigenvalue weighted by Crippen LogP contribution is 2.25. The first kappa shape index (κ1) is 20.7. The number of hydrogen-bond acceptors (Lipinski definition) is 4. The van der Waals surface area contributed by atoms with Crippen LogP contribution in [0.15, 0.2) is 24.3 Å². The molecule has 1 atom stereocenters. The highest BCUT2D eigenvalue weighted by atomic mass is 35.5. The van der Waals surface area contributed by atoms with Crippen LogP contribution >= 0.6 is 11.6 Å². The third-order valence-electron chi connectivity index (χ3n) is 4.46. The van der Waals surface area contributed by atoms with Gasteiger partial charge in [-0.2, -0.15) is 4.31 Å². The van der Waals surface area contributed by atoms with Gasteiger partial charge in [-0.15, -0.1) is 0 Å². The first-order valence-electron chi connectivity index (χ1n) is 8.36. The quantitative estimate of drug-likeness (QED) is 0.776. The summed E-state index contributed by atoms with van der Waals surface area (Å²) in [5.41, 5.74) is -0.406. The van der Waals surface area contributed by atoms with Crippen LogP contribution in [0.4, 0.5) is 0 Å². The molecule has 1 unspecified atom stereocenters. The monoisotopic (exact) mass is 401 g/mol. The smallest absolute Gasteiger partial charge is 0.247 e. The lowest BCUT2D eigenvalue weighted by atomic mass is 9.95. The number of carbonyl (C=O) groups is 2. The number of amides is 2. The molecule has 0 aromatic heterocycles. The highest BCUT2D eigenvalue weighted by molar-refractivity contribution is 7.88. The minimum Gasteiger partial charge on any atom is -0.350 e. The van der Waals surface area contributed by atoms with Gasteiger partial charge in [0.2, 0.25) is 21.8 Å². The van der Waals surface area contributed by atoms with E-state index in [-0.39, 0.29) is 31.4 Å². The molecule has 1 aliphatic heterocycles. The van der Waals surface area contributed by atoms with Crippen molar-refractivity contribution in [1.82, 2.24) is 14.5 Å². The zero-order valence-corrected chi connectivity index (χ0v) is 16.7. The maximum Gasteiger partial charge on any atom is 0.247 e. The Bertz CT molecular complexity index is 782. The van der Waals surface area contributed by atoms with Gasteiger partial charge in [-0.25, -0.2) is 8.42 Å². The minimum atomic E-state index is -3.58. The maximum absolute atomic E-state index is 12.9. The molecule has 0 saturated carbocycles. The number of nitrogens with zero attached hydrogens (tertiary/aromatic N) is 2. The molecular formula is C17H24ClN3O4S. The molecule has 2 amide bonds. The molecule has 0 bridgehead atoms. The van der Waals surface area contributed by atoms with Gasteiger partial charge in [-0.05, 0) is 31.0 Å². The van der Waals surface area contributed by atoms with Gasteiger partial charge in [-0.3, -0.25) is 9.59 Å². The van der Waals surface area contributed by atoms with Crippen molar-refractivity contribution in [2.45, 2.75) is 32.4 Å². The molecule has 144 valence electrons. The van der Waals surface area contributed by atoms with Gasteiger partial charge < -0.3 is 10.2 Å². The van der Waals surface area contributed by atoms with Gasteiger partial charge in [0.15, 0.2) is 0 Å². The Hall–Kier alpha value is -1.64. The van der Waals surface area contributed by atoms with E-state index in [1.54, 1.807) is 31.2 Å². The van der Waals surface area contributed by atoms with Crippen LogP contribution in [0.25, 0.3) is 0 Å². The van der Waals surface area contributed by atoms with Crippen LogP contribution in [0.1, 0.15) is 25.8 Å². The van der Waals surface area contributed by atoms with Crippen molar-refractivity contribution in [2.24, 2.45) is 0 Å². The van der Waals surface area contributed by atoms with Crippen molar-refractivity contribution in [1.29, 1.82) is 0 Å². The van der Waals surface area contributed by atoms with Crippen molar-refractivity contribution in [3.63, 3.8) is 0 Å². The molecule has 26 heavy (non-hydrogen) atoms. The predicted molar refractivity (Wildman–Crippen MR) is 100 cm³/mol. The first-order valence-corrected chi connectivity index (χ1v) is 10.6. The van der Waals surface area contributed by atoms with Gasteiger partial charge in [0, 0.05) is 24.7 Å². The third-order valence-corrected chi connectivity index (χ3v) is 5.91. The zero-order chi connectivity index (χ0) is 19.5. The van der Waals surface area contributed by atoms with E-state index in [1.807, 2.05) is 6.92 Å². The number of rotatable bonds is 6. The largest absolute Gasteiger partial charge is 0.350 e. The Balaban J connectivity index is 2.22. The van der Waals surface area contributed by atoms with Crippen LogP contribution < -0.4 is 5.32 Å². The molecule has 1 fully saturated rings. The number of nitrogens with one attached hydrogen (secondary N) is 1. The normalized spacial score (nSPS) is 21.7. The van der Waals surface area contributed by atoms with Crippen LogP contribution in [-0.4, -0.2) is 60.9 Å². The number of halogens is 1. The fourth-order valence-electron chi connectivity index (χ4n) is 3.00. The molecule has 1 saturated heterocycles. The van der Waals surface area contributed by atoms with Crippen molar-refractivity contribution < 1.29 is 18.0 Å². The lowest BCUT2D eigenvalue weighted by Crippen LogP contribution is -2.69. The summed E-state index contributed by atoms with van der Waals surface area (Å²) in [6, 6.07) is 7.04. The summed E-state index contributed by atoms with van der Waals surface area (Å²) in [5.74, 6) is -0.754. The predicted octanol–water partition coefficient (Wildman–Crippen LogP) is 1.23. The molecule has 0 radical (unpaired) electrons. The van der Waals surface area contributed by atoms with E-state index in [4.69, 9.17) is 11.6 Å². The Morgan fingerprint density at radius 1 is 1.31 bits per heavy atom. The van der Waals surface area contributed by atoms with Crippen molar-refractivity contribution in [2.75, 3.05) is 25.9 Å².